The third-order valence-corrected chi connectivity index (χ3v) is 3.01. The van der Waals surface area contributed by atoms with Crippen LogP contribution in [-0.2, 0) is 11.2 Å². The Morgan fingerprint density at radius 3 is 2.36 bits per heavy atom. The van der Waals surface area contributed by atoms with Gasteiger partial charge in [0.1, 0.15) is 5.60 Å². The number of aryl methyl sites for hydroxylation is 1. The monoisotopic (exact) mass is 314 g/mol. The van der Waals surface area contributed by atoms with Crippen molar-refractivity contribution in [2.24, 2.45) is 5.73 Å². The smallest absolute Gasteiger partial charge is 0.412 e. The molecule has 0 aromatic heterocycles. The van der Waals surface area contributed by atoms with Crippen molar-refractivity contribution < 1.29 is 18.3 Å². The summed E-state index contributed by atoms with van der Waals surface area (Å²) in [4.78, 5) is 11.7. The number of amides is 1. The first kappa shape index (κ1) is 18.4. The van der Waals surface area contributed by atoms with Crippen LogP contribution in [0.25, 0.3) is 0 Å². The highest BCUT2D eigenvalue weighted by molar-refractivity contribution is 5.85. The summed E-state index contributed by atoms with van der Waals surface area (Å²) < 4.78 is 30.8. The molecule has 1 atom stereocenters. The van der Waals surface area contributed by atoms with Crippen LogP contribution in [0.5, 0.6) is 0 Å². The normalized spacial score (nSPS) is 14.6. The maximum Gasteiger partial charge on any atom is 0.412 e. The Morgan fingerprint density at radius 1 is 1.32 bits per heavy atom. The van der Waals surface area contributed by atoms with E-state index in [9.17, 15) is 13.6 Å². The van der Waals surface area contributed by atoms with Gasteiger partial charge in [0.15, 0.2) is 0 Å². The SMILES string of the molecule is Cc1cc(CC(C)(N)C(F)F)ccc1NC(=O)OC(C)(C)C. The maximum atomic E-state index is 12.8. The van der Waals surface area contributed by atoms with Crippen molar-refractivity contribution in [1.29, 1.82) is 0 Å². The molecule has 0 spiro atoms. The van der Waals surface area contributed by atoms with E-state index >= 15 is 0 Å². The molecule has 0 bridgehead atoms. The Bertz CT molecular complexity index is 537. The number of anilines is 1. The molecule has 4 nitrogen and oxygen atoms in total. The van der Waals surface area contributed by atoms with E-state index in [4.69, 9.17) is 10.5 Å². The number of alkyl halides is 2. The van der Waals surface area contributed by atoms with E-state index in [1.54, 1.807) is 45.9 Å². The molecule has 1 unspecified atom stereocenters. The molecular weight excluding hydrogens is 290 g/mol. The van der Waals surface area contributed by atoms with E-state index < -0.39 is 23.7 Å². The largest absolute Gasteiger partial charge is 0.444 e. The molecule has 0 saturated heterocycles. The molecule has 1 aromatic rings. The standard InChI is InChI=1S/C16H24F2N2O2/c1-10-8-11(9-16(5,19)13(17)18)6-7-12(10)20-14(21)22-15(2,3)4/h6-8,13H,9,19H2,1-5H3,(H,20,21). The fourth-order valence-corrected chi connectivity index (χ4v) is 1.91. The number of halogens is 2. The molecule has 3 N–H and O–H groups in total. The number of rotatable bonds is 4. The number of ether oxygens (including phenoxy) is 1. The lowest BCUT2D eigenvalue weighted by atomic mass is 9.93. The Labute approximate surface area is 130 Å². The predicted molar refractivity (Wildman–Crippen MR) is 83.3 cm³/mol. The fraction of sp³-hybridized carbons (Fsp3) is 0.562. The Hall–Kier alpha value is -1.69. The van der Waals surface area contributed by atoms with Gasteiger partial charge in [0, 0.05) is 5.69 Å². The number of carbonyl (C=O) groups excluding carboxylic acids is 1. The van der Waals surface area contributed by atoms with Crippen molar-refractivity contribution in [2.75, 3.05) is 5.32 Å². The van der Waals surface area contributed by atoms with Crippen LogP contribution in [-0.4, -0.2) is 23.7 Å². The number of nitrogens with two attached hydrogens (primary N) is 1. The molecular formula is C16H24F2N2O2. The van der Waals surface area contributed by atoms with Crippen molar-refractivity contribution in [3.63, 3.8) is 0 Å². The molecule has 0 aliphatic heterocycles. The van der Waals surface area contributed by atoms with Gasteiger partial charge >= 0.3 is 6.09 Å². The van der Waals surface area contributed by atoms with Crippen LogP contribution in [0.4, 0.5) is 19.3 Å². The Balaban J connectivity index is 2.80. The second kappa shape index (κ2) is 6.60. The number of hydrogen-bond donors (Lipinski definition) is 2. The first-order chi connectivity index (χ1) is 9.90. The van der Waals surface area contributed by atoms with E-state index in [1.807, 2.05) is 0 Å². The Morgan fingerprint density at radius 2 is 1.91 bits per heavy atom. The molecule has 0 radical (unpaired) electrons. The molecule has 0 heterocycles. The molecule has 0 saturated carbocycles. The van der Waals surface area contributed by atoms with Crippen LogP contribution in [0.2, 0.25) is 0 Å². The molecule has 6 heteroatoms. The van der Waals surface area contributed by atoms with Crippen molar-refractivity contribution in [3.05, 3.63) is 29.3 Å². The molecule has 0 fully saturated rings. The summed E-state index contributed by atoms with van der Waals surface area (Å²) in [7, 11) is 0. The summed E-state index contributed by atoms with van der Waals surface area (Å²) in [6.07, 6.45) is -3.11. The molecule has 22 heavy (non-hydrogen) atoms. The quantitative estimate of drug-likeness (QED) is 0.887. The molecule has 1 amide bonds. The van der Waals surface area contributed by atoms with Crippen molar-refractivity contribution in [2.45, 2.75) is 58.6 Å². The summed E-state index contributed by atoms with van der Waals surface area (Å²) >= 11 is 0. The van der Waals surface area contributed by atoms with Gasteiger partial charge in [-0.25, -0.2) is 13.6 Å². The molecule has 0 aliphatic carbocycles. The lowest BCUT2D eigenvalue weighted by Gasteiger charge is -2.24. The van der Waals surface area contributed by atoms with Gasteiger partial charge in [-0.15, -0.1) is 0 Å². The predicted octanol–water partition coefficient (Wildman–Crippen LogP) is 3.87. The zero-order chi connectivity index (χ0) is 17.1. The average molecular weight is 314 g/mol. The van der Waals surface area contributed by atoms with Gasteiger partial charge in [-0.2, -0.15) is 0 Å². The third-order valence-electron chi connectivity index (χ3n) is 3.01. The molecule has 124 valence electrons. The van der Waals surface area contributed by atoms with Gasteiger partial charge in [0.2, 0.25) is 0 Å². The van der Waals surface area contributed by atoms with Gasteiger partial charge in [0.25, 0.3) is 6.43 Å². The van der Waals surface area contributed by atoms with Gasteiger partial charge in [-0.05, 0) is 58.2 Å². The van der Waals surface area contributed by atoms with E-state index in [2.05, 4.69) is 5.32 Å². The van der Waals surface area contributed by atoms with Crippen molar-refractivity contribution in [3.8, 4) is 0 Å². The average Bonchev–Trinajstić information content (AvgIpc) is 2.29. The first-order valence-electron chi connectivity index (χ1n) is 7.07. The minimum atomic E-state index is -2.60. The number of nitrogens with one attached hydrogen (secondary N) is 1. The van der Waals surface area contributed by atoms with Crippen LogP contribution in [0.15, 0.2) is 18.2 Å². The van der Waals surface area contributed by atoms with Gasteiger partial charge < -0.3 is 10.5 Å². The zero-order valence-electron chi connectivity index (χ0n) is 13.7. The Kier molecular flexibility index (Phi) is 5.51. The zero-order valence-corrected chi connectivity index (χ0v) is 13.7. The molecule has 1 rings (SSSR count). The highest BCUT2D eigenvalue weighted by atomic mass is 19.3. The highest BCUT2D eigenvalue weighted by Gasteiger charge is 2.30. The summed E-state index contributed by atoms with van der Waals surface area (Å²) in [6.45, 7) is 8.42. The van der Waals surface area contributed by atoms with Crippen molar-refractivity contribution in [1.82, 2.24) is 0 Å². The van der Waals surface area contributed by atoms with Crippen LogP contribution < -0.4 is 11.1 Å². The first-order valence-corrected chi connectivity index (χ1v) is 7.07. The van der Waals surface area contributed by atoms with E-state index in [-0.39, 0.29) is 6.42 Å². The van der Waals surface area contributed by atoms with Crippen LogP contribution in [0, 0.1) is 6.92 Å². The summed E-state index contributed by atoms with van der Waals surface area (Å²) in [6, 6.07) is 5.07. The summed E-state index contributed by atoms with van der Waals surface area (Å²) in [5, 5.41) is 2.64. The van der Waals surface area contributed by atoms with E-state index in [0.717, 1.165) is 5.56 Å². The molecule has 1 aromatic carbocycles. The van der Waals surface area contributed by atoms with Gasteiger partial charge in [0.05, 0.1) is 5.54 Å². The maximum absolute atomic E-state index is 12.8. The lowest BCUT2D eigenvalue weighted by Crippen LogP contribution is -2.45. The van der Waals surface area contributed by atoms with E-state index in [0.29, 0.717) is 11.3 Å². The second-order valence-electron chi connectivity index (χ2n) is 6.76. The summed E-state index contributed by atoms with van der Waals surface area (Å²) in [5.41, 5.74) is 5.45. The van der Waals surface area contributed by atoms with Gasteiger partial charge in [-0.1, -0.05) is 12.1 Å². The lowest BCUT2D eigenvalue weighted by molar-refractivity contribution is 0.0634. The minimum absolute atomic E-state index is 0.0538. The van der Waals surface area contributed by atoms with Crippen molar-refractivity contribution >= 4 is 11.8 Å². The topological polar surface area (TPSA) is 64.3 Å². The highest BCUT2D eigenvalue weighted by Crippen LogP contribution is 2.23. The fourth-order valence-electron chi connectivity index (χ4n) is 1.91. The molecule has 0 aliphatic rings. The number of carbonyl (C=O) groups is 1. The van der Waals surface area contributed by atoms with Crippen LogP contribution >= 0.6 is 0 Å². The minimum Gasteiger partial charge on any atom is -0.444 e. The number of hydrogen-bond acceptors (Lipinski definition) is 3. The van der Waals surface area contributed by atoms with Crippen LogP contribution in [0.1, 0.15) is 38.8 Å². The second-order valence-corrected chi connectivity index (χ2v) is 6.76. The summed E-state index contributed by atoms with van der Waals surface area (Å²) in [5.74, 6) is 0. The number of benzene rings is 1. The van der Waals surface area contributed by atoms with Gasteiger partial charge in [-0.3, -0.25) is 5.32 Å². The third kappa shape index (κ3) is 5.60. The van der Waals surface area contributed by atoms with Crippen LogP contribution in [0.3, 0.4) is 0 Å². The van der Waals surface area contributed by atoms with E-state index in [1.165, 1.54) is 6.92 Å².